The van der Waals surface area contributed by atoms with Crippen LogP contribution in [0, 0.1) is 0 Å². The van der Waals surface area contributed by atoms with Gasteiger partial charge in [0.15, 0.2) is 0 Å². The fraction of sp³-hybridized carbons (Fsp3) is 0.600. The van der Waals surface area contributed by atoms with Gasteiger partial charge in [0.25, 0.3) is 0 Å². The van der Waals surface area contributed by atoms with E-state index in [9.17, 15) is 9.59 Å². The summed E-state index contributed by atoms with van der Waals surface area (Å²) in [7, 11) is 0. The van der Waals surface area contributed by atoms with E-state index < -0.39 is 11.9 Å². The molecule has 0 spiro atoms. The van der Waals surface area contributed by atoms with Crippen LogP contribution in [0.5, 0.6) is 0 Å². The smallest absolute Gasteiger partial charge is 0.345 e. The van der Waals surface area contributed by atoms with Crippen LogP contribution in [-0.4, -0.2) is 35.8 Å². The van der Waals surface area contributed by atoms with Gasteiger partial charge in [-0.2, -0.15) is 0 Å². The second-order valence-corrected chi connectivity index (χ2v) is 3.81. The van der Waals surface area contributed by atoms with E-state index in [4.69, 9.17) is 9.47 Å². The number of esters is 2. The van der Waals surface area contributed by atoms with Crippen molar-refractivity contribution in [3.05, 3.63) is 11.1 Å². The Kier molecular flexibility index (Phi) is 8.56. The van der Waals surface area contributed by atoms with Gasteiger partial charge < -0.3 is 9.47 Å². The summed E-state index contributed by atoms with van der Waals surface area (Å²) in [5, 5.41) is 0.816. The quantitative estimate of drug-likeness (QED) is 0.240. The van der Waals surface area contributed by atoms with Crippen LogP contribution in [0.3, 0.4) is 0 Å². The summed E-state index contributed by atoms with van der Waals surface area (Å²) in [6.07, 6.45) is 0. The van der Waals surface area contributed by atoms with E-state index in [0.29, 0.717) is 16.2 Å². The molecule has 0 radical (unpaired) electrons. The number of hydrogen-bond donors (Lipinski definition) is 0. The maximum absolute atomic E-state index is 11.6. The van der Waals surface area contributed by atoms with Crippen molar-refractivity contribution in [2.24, 2.45) is 0 Å². The van der Waals surface area contributed by atoms with E-state index in [1.807, 2.05) is 0 Å². The van der Waals surface area contributed by atoms with Crippen LogP contribution in [0.15, 0.2) is 11.1 Å². The van der Waals surface area contributed by atoms with Crippen molar-refractivity contribution in [1.29, 1.82) is 0 Å². The first-order chi connectivity index (χ1) is 7.62. The van der Waals surface area contributed by atoms with Crippen LogP contribution in [0.2, 0.25) is 0 Å². The van der Waals surface area contributed by atoms with Gasteiger partial charge in [-0.05, 0) is 19.4 Å². The predicted octanol–water partition coefficient (Wildman–Crippen LogP) is 2.20. The molecule has 0 atom stereocenters. The zero-order chi connectivity index (χ0) is 12.6. The Balaban J connectivity index is 5.11. The lowest BCUT2D eigenvalue weighted by molar-refractivity contribution is -0.146. The number of carbonyl (C=O) groups is 2. The molecular weight excluding hydrogens is 344 g/mol. The van der Waals surface area contributed by atoms with Crippen molar-refractivity contribution in [2.45, 2.75) is 13.8 Å². The van der Waals surface area contributed by atoms with Crippen molar-refractivity contribution < 1.29 is 19.1 Å². The first kappa shape index (κ1) is 15.6. The Morgan fingerprint density at radius 2 is 1.31 bits per heavy atom. The summed E-state index contributed by atoms with van der Waals surface area (Å²) < 4.78 is 9.63. The largest absolute Gasteiger partial charge is 0.462 e. The molecule has 6 heteroatoms. The number of hydrogen-bond acceptors (Lipinski definition) is 4. The molecule has 0 saturated heterocycles. The standard InChI is InChI=1S/C10H14Br2O4/c1-3-15-9(13)8(7(5-11)6-12)10(14)16-4-2/h3-6H2,1-2H3. The van der Waals surface area contributed by atoms with Gasteiger partial charge in [-0.15, -0.1) is 0 Å². The topological polar surface area (TPSA) is 52.6 Å². The molecule has 0 aromatic rings. The molecule has 92 valence electrons. The third-order valence-electron chi connectivity index (χ3n) is 1.64. The third kappa shape index (κ3) is 4.65. The van der Waals surface area contributed by atoms with Crippen molar-refractivity contribution in [2.75, 3.05) is 23.9 Å². The number of rotatable bonds is 6. The normalized spacial score (nSPS) is 9.50. The molecule has 4 nitrogen and oxygen atoms in total. The van der Waals surface area contributed by atoms with Crippen LogP contribution >= 0.6 is 31.9 Å². The molecular formula is C10H14Br2O4. The Labute approximate surface area is 112 Å². The summed E-state index contributed by atoms with van der Waals surface area (Å²) in [6, 6.07) is 0. The molecule has 0 aliphatic carbocycles. The molecule has 0 bridgehead atoms. The van der Waals surface area contributed by atoms with Crippen molar-refractivity contribution in [1.82, 2.24) is 0 Å². The average Bonchev–Trinajstić information content (AvgIpc) is 2.25. The lowest BCUT2D eigenvalue weighted by Gasteiger charge is -2.10. The van der Waals surface area contributed by atoms with Gasteiger partial charge in [-0.3, -0.25) is 0 Å². The molecule has 0 rings (SSSR count). The van der Waals surface area contributed by atoms with E-state index in [-0.39, 0.29) is 18.8 Å². The molecule has 0 aromatic carbocycles. The second kappa shape index (κ2) is 8.75. The molecule has 0 N–H and O–H groups in total. The highest BCUT2D eigenvalue weighted by molar-refractivity contribution is 9.10. The number of halogens is 2. The lowest BCUT2D eigenvalue weighted by Crippen LogP contribution is -2.21. The average molecular weight is 358 g/mol. The maximum atomic E-state index is 11.6. The number of allylic oxidation sites excluding steroid dienone is 1. The number of alkyl halides is 2. The van der Waals surface area contributed by atoms with Gasteiger partial charge in [0.1, 0.15) is 5.57 Å². The molecule has 0 unspecified atom stereocenters. The van der Waals surface area contributed by atoms with Crippen LogP contribution < -0.4 is 0 Å². The molecule has 0 saturated carbocycles. The maximum Gasteiger partial charge on any atom is 0.345 e. The van der Waals surface area contributed by atoms with Gasteiger partial charge in [-0.1, -0.05) is 31.9 Å². The molecule has 0 heterocycles. The molecule has 16 heavy (non-hydrogen) atoms. The van der Waals surface area contributed by atoms with E-state index in [0.717, 1.165) is 0 Å². The highest BCUT2D eigenvalue weighted by Gasteiger charge is 2.24. The first-order valence-electron chi connectivity index (χ1n) is 4.80. The van der Waals surface area contributed by atoms with Crippen LogP contribution in [0.1, 0.15) is 13.8 Å². The van der Waals surface area contributed by atoms with Crippen molar-refractivity contribution in [3.8, 4) is 0 Å². The van der Waals surface area contributed by atoms with Gasteiger partial charge in [0.2, 0.25) is 0 Å². The summed E-state index contributed by atoms with van der Waals surface area (Å²) in [4.78, 5) is 23.2. The minimum absolute atomic E-state index is 0.0301. The van der Waals surface area contributed by atoms with Gasteiger partial charge in [0, 0.05) is 10.7 Å². The number of carbonyl (C=O) groups excluding carboxylic acids is 2. The van der Waals surface area contributed by atoms with Crippen LogP contribution in [0.25, 0.3) is 0 Å². The highest BCUT2D eigenvalue weighted by Crippen LogP contribution is 2.14. The lowest BCUT2D eigenvalue weighted by atomic mass is 10.1. The zero-order valence-electron chi connectivity index (χ0n) is 9.22. The fourth-order valence-electron chi connectivity index (χ4n) is 0.948. The third-order valence-corrected chi connectivity index (χ3v) is 2.99. The van der Waals surface area contributed by atoms with Crippen LogP contribution in [0.4, 0.5) is 0 Å². The molecule has 0 aliphatic heterocycles. The van der Waals surface area contributed by atoms with Gasteiger partial charge in [0.05, 0.1) is 13.2 Å². The van der Waals surface area contributed by atoms with Crippen LogP contribution in [-0.2, 0) is 19.1 Å². The molecule has 0 fully saturated rings. The number of ether oxygens (including phenoxy) is 2. The monoisotopic (exact) mass is 356 g/mol. The fourth-order valence-corrected chi connectivity index (χ4v) is 2.44. The summed E-state index contributed by atoms with van der Waals surface area (Å²) in [5.74, 6) is -1.29. The van der Waals surface area contributed by atoms with E-state index >= 15 is 0 Å². The molecule has 0 aliphatic rings. The Hall–Kier alpha value is -0.360. The molecule has 0 amide bonds. The minimum Gasteiger partial charge on any atom is -0.462 e. The Bertz CT molecular complexity index is 261. The first-order valence-corrected chi connectivity index (χ1v) is 7.04. The summed E-state index contributed by atoms with van der Waals surface area (Å²) >= 11 is 6.42. The highest BCUT2D eigenvalue weighted by atomic mass is 79.9. The van der Waals surface area contributed by atoms with Gasteiger partial charge >= 0.3 is 11.9 Å². The van der Waals surface area contributed by atoms with E-state index in [1.54, 1.807) is 13.8 Å². The van der Waals surface area contributed by atoms with Crippen molar-refractivity contribution >= 4 is 43.8 Å². The van der Waals surface area contributed by atoms with Gasteiger partial charge in [-0.25, -0.2) is 9.59 Å². The SMILES string of the molecule is CCOC(=O)C(C(=O)OCC)=C(CBr)CBr. The summed E-state index contributed by atoms with van der Waals surface area (Å²) in [6.45, 7) is 3.81. The summed E-state index contributed by atoms with van der Waals surface area (Å²) in [5.41, 5.74) is 0.578. The van der Waals surface area contributed by atoms with E-state index in [1.165, 1.54) is 0 Å². The Morgan fingerprint density at radius 1 is 0.938 bits per heavy atom. The van der Waals surface area contributed by atoms with E-state index in [2.05, 4.69) is 31.9 Å². The minimum atomic E-state index is -0.644. The van der Waals surface area contributed by atoms with Crippen molar-refractivity contribution in [3.63, 3.8) is 0 Å². The second-order valence-electron chi connectivity index (χ2n) is 2.69. The Morgan fingerprint density at radius 3 is 1.56 bits per heavy atom. The zero-order valence-corrected chi connectivity index (χ0v) is 12.4. The molecule has 0 aromatic heterocycles. The predicted molar refractivity (Wildman–Crippen MR) is 67.9 cm³/mol.